The lowest BCUT2D eigenvalue weighted by atomic mass is 10.2. The monoisotopic (exact) mass is 311 g/mol. The molecule has 2 N–H and O–H groups in total. The summed E-state index contributed by atoms with van der Waals surface area (Å²) >= 11 is 4.96. The highest BCUT2D eigenvalue weighted by Crippen LogP contribution is 2.26. The summed E-state index contributed by atoms with van der Waals surface area (Å²) in [6.45, 7) is 1.35. The van der Waals surface area contributed by atoms with Gasteiger partial charge in [-0.2, -0.15) is 0 Å². The van der Waals surface area contributed by atoms with Crippen molar-refractivity contribution in [3.8, 4) is 0 Å². The minimum Gasteiger partial charge on any atom is -0.386 e. The van der Waals surface area contributed by atoms with Crippen molar-refractivity contribution in [2.24, 2.45) is 0 Å². The van der Waals surface area contributed by atoms with Crippen LogP contribution in [0.1, 0.15) is 16.5 Å². The zero-order valence-electron chi connectivity index (χ0n) is 9.27. The van der Waals surface area contributed by atoms with Crippen LogP contribution in [0, 0.1) is 0 Å². The molecule has 0 aliphatic rings. The molecule has 0 aliphatic carbocycles. The molecule has 0 saturated heterocycles. The molecule has 0 radical (unpaired) electrons. The maximum Gasteiger partial charge on any atom is 0.101 e. The van der Waals surface area contributed by atoms with Gasteiger partial charge in [0.2, 0.25) is 0 Å². The molecule has 0 fully saturated rings. The lowest BCUT2D eigenvalue weighted by molar-refractivity contribution is 0.178. The van der Waals surface area contributed by atoms with Gasteiger partial charge in [-0.15, -0.1) is 11.3 Å². The SMILES string of the molecule is OC(CNCc1ccccc1)c1ccc(Br)s1. The topological polar surface area (TPSA) is 32.3 Å². The van der Waals surface area contributed by atoms with Crippen molar-refractivity contribution in [1.82, 2.24) is 5.32 Å². The highest BCUT2D eigenvalue weighted by molar-refractivity contribution is 9.11. The Hall–Kier alpha value is -0.680. The molecule has 0 bridgehead atoms. The molecule has 0 aliphatic heterocycles. The Morgan fingerprint density at radius 3 is 2.59 bits per heavy atom. The van der Waals surface area contributed by atoms with E-state index >= 15 is 0 Å². The summed E-state index contributed by atoms with van der Waals surface area (Å²) in [7, 11) is 0. The number of hydrogen-bond acceptors (Lipinski definition) is 3. The largest absolute Gasteiger partial charge is 0.386 e. The number of aliphatic hydroxyl groups excluding tert-OH is 1. The summed E-state index contributed by atoms with van der Waals surface area (Å²) in [5, 5.41) is 13.2. The van der Waals surface area contributed by atoms with Crippen LogP contribution in [0.15, 0.2) is 46.3 Å². The van der Waals surface area contributed by atoms with Crippen LogP contribution in [-0.4, -0.2) is 11.7 Å². The van der Waals surface area contributed by atoms with Crippen LogP contribution in [0.5, 0.6) is 0 Å². The quantitative estimate of drug-likeness (QED) is 0.887. The van der Waals surface area contributed by atoms with E-state index in [0.717, 1.165) is 15.2 Å². The Balaban J connectivity index is 1.79. The molecule has 2 nitrogen and oxygen atoms in total. The van der Waals surface area contributed by atoms with E-state index in [-0.39, 0.29) is 0 Å². The van der Waals surface area contributed by atoms with Gasteiger partial charge in [-0.1, -0.05) is 30.3 Å². The molecule has 2 rings (SSSR count). The van der Waals surface area contributed by atoms with E-state index in [1.165, 1.54) is 5.56 Å². The van der Waals surface area contributed by atoms with Crippen LogP contribution >= 0.6 is 27.3 Å². The van der Waals surface area contributed by atoms with Crippen molar-refractivity contribution in [2.45, 2.75) is 12.6 Å². The maximum absolute atomic E-state index is 9.94. The minimum atomic E-state index is -0.435. The Morgan fingerprint density at radius 1 is 1.18 bits per heavy atom. The van der Waals surface area contributed by atoms with Gasteiger partial charge in [0.15, 0.2) is 0 Å². The highest BCUT2D eigenvalue weighted by Gasteiger charge is 2.09. The first-order valence-corrected chi connectivity index (χ1v) is 7.04. The molecule has 1 unspecified atom stereocenters. The van der Waals surface area contributed by atoms with Gasteiger partial charge in [-0.3, -0.25) is 0 Å². The normalized spacial score (nSPS) is 12.6. The van der Waals surface area contributed by atoms with E-state index in [4.69, 9.17) is 0 Å². The van der Waals surface area contributed by atoms with Gasteiger partial charge < -0.3 is 10.4 Å². The number of nitrogens with one attached hydrogen (secondary N) is 1. The van der Waals surface area contributed by atoms with Crippen molar-refractivity contribution in [3.63, 3.8) is 0 Å². The van der Waals surface area contributed by atoms with Gasteiger partial charge in [0.1, 0.15) is 6.10 Å². The maximum atomic E-state index is 9.94. The molecule has 0 amide bonds. The standard InChI is InChI=1S/C13H14BrNOS/c14-13-7-6-12(17-13)11(16)9-15-8-10-4-2-1-3-5-10/h1-7,11,15-16H,8-9H2. The Bertz CT molecular complexity index is 457. The number of aliphatic hydroxyl groups is 1. The lowest BCUT2D eigenvalue weighted by Crippen LogP contribution is -2.20. The third-order valence-electron chi connectivity index (χ3n) is 2.43. The summed E-state index contributed by atoms with van der Waals surface area (Å²) in [4.78, 5) is 0.984. The molecular weight excluding hydrogens is 298 g/mol. The average Bonchev–Trinajstić information content (AvgIpc) is 2.77. The van der Waals surface area contributed by atoms with E-state index in [0.29, 0.717) is 6.54 Å². The van der Waals surface area contributed by atoms with Crippen molar-refractivity contribution >= 4 is 27.3 Å². The molecule has 1 aromatic carbocycles. The second kappa shape index (κ2) is 6.31. The van der Waals surface area contributed by atoms with E-state index < -0.39 is 6.10 Å². The molecule has 17 heavy (non-hydrogen) atoms. The van der Waals surface area contributed by atoms with Crippen LogP contribution in [-0.2, 0) is 6.54 Å². The molecular formula is C13H14BrNOS. The highest BCUT2D eigenvalue weighted by atomic mass is 79.9. The summed E-state index contributed by atoms with van der Waals surface area (Å²) in [5.74, 6) is 0. The fourth-order valence-electron chi connectivity index (χ4n) is 1.56. The fourth-order valence-corrected chi connectivity index (χ4v) is 2.97. The van der Waals surface area contributed by atoms with Gasteiger partial charge >= 0.3 is 0 Å². The van der Waals surface area contributed by atoms with Crippen LogP contribution in [0.3, 0.4) is 0 Å². The van der Waals surface area contributed by atoms with Gasteiger partial charge in [0.05, 0.1) is 3.79 Å². The lowest BCUT2D eigenvalue weighted by Gasteiger charge is -2.10. The molecule has 1 heterocycles. The first-order chi connectivity index (χ1) is 8.25. The van der Waals surface area contributed by atoms with Gasteiger partial charge in [-0.05, 0) is 33.6 Å². The summed E-state index contributed by atoms with van der Waals surface area (Å²) in [5.41, 5.74) is 1.23. The molecule has 0 spiro atoms. The van der Waals surface area contributed by atoms with Gasteiger partial charge in [-0.25, -0.2) is 0 Å². The van der Waals surface area contributed by atoms with E-state index in [9.17, 15) is 5.11 Å². The van der Waals surface area contributed by atoms with E-state index in [1.807, 2.05) is 30.3 Å². The van der Waals surface area contributed by atoms with Crippen LogP contribution < -0.4 is 5.32 Å². The second-order valence-electron chi connectivity index (χ2n) is 3.77. The van der Waals surface area contributed by atoms with Gasteiger partial charge in [0, 0.05) is 18.0 Å². The third-order valence-corrected chi connectivity index (χ3v) is 4.16. The minimum absolute atomic E-state index is 0.435. The van der Waals surface area contributed by atoms with Crippen LogP contribution in [0.2, 0.25) is 0 Å². The molecule has 90 valence electrons. The van der Waals surface area contributed by atoms with Crippen molar-refractivity contribution in [1.29, 1.82) is 0 Å². The average molecular weight is 312 g/mol. The predicted octanol–water partition coefficient (Wildman–Crippen LogP) is 3.33. The Morgan fingerprint density at radius 2 is 1.94 bits per heavy atom. The molecule has 4 heteroatoms. The zero-order valence-corrected chi connectivity index (χ0v) is 11.7. The van der Waals surface area contributed by atoms with Crippen LogP contribution in [0.4, 0.5) is 0 Å². The summed E-state index contributed by atoms with van der Waals surface area (Å²) in [6.07, 6.45) is -0.435. The zero-order chi connectivity index (χ0) is 12.1. The number of halogens is 1. The van der Waals surface area contributed by atoms with Crippen LogP contribution in [0.25, 0.3) is 0 Å². The molecule has 2 aromatic rings. The first kappa shape index (κ1) is 12.8. The Kier molecular flexibility index (Phi) is 4.74. The van der Waals surface area contributed by atoms with Crippen molar-refractivity contribution in [2.75, 3.05) is 6.54 Å². The predicted molar refractivity (Wildman–Crippen MR) is 75.1 cm³/mol. The van der Waals surface area contributed by atoms with Crippen molar-refractivity contribution in [3.05, 3.63) is 56.7 Å². The fraction of sp³-hybridized carbons (Fsp3) is 0.231. The van der Waals surface area contributed by atoms with E-state index in [2.05, 4.69) is 33.4 Å². The molecule has 1 atom stereocenters. The molecule has 1 aromatic heterocycles. The number of benzene rings is 1. The number of hydrogen-bond donors (Lipinski definition) is 2. The summed E-state index contributed by atoms with van der Waals surface area (Å²) in [6, 6.07) is 14.1. The number of rotatable bonds is 5. The number of thiophene rings is 1. The van der Waals surface area contributed by atoms with E-state index in [1.54, 1.807) is 11.3 Å². The molecule has 0 saturated carbocycles. The Labute approximate surface area is 113 Å². The smallest absolute Gasteiger partial charge is 0.101 e. The van der Waals surface area contributed by atoms with Crippen molar-refractivity contribution < 1.29 is 5.11 Å². The summed E-state index contributed by atoms with van der Waals surface area (Å²) < 4.78 is 1.05. The first-order valence-electron chi connectivity index (χ1n) is 5.43. The second-order valence-corrected chi connectivity index (χ2v) is 6.27. The third kappa shape index (κ3) is 3.92. The van der Waals surface area contributed by atoms with Gasteiger partial charge in [0.25, 0.3) is 0 Å².